The van der Waals surface area contributed by atoms with Crippen molar-refractivity contribution in [1.82, 2.24) is 0 Å². The van der Waals surface area contributed by atoms with Crippen LogP contribution in [-0.2, 0) is 0 Å². The van der Waals surface area contributed by atoms with Gasteiger partial charge in [0.2, 0.25) is 0 Å². The second-order valence-corrected chi connectivity index (χ2v) is 3.16. The lowest BCUT2D eigenvalue weighted by atomic mass is 10.0. The lowest BCUT2D eigenvalue weighted by Crippen LogP contribution is -1.89. The Morgan fingerprint density at radius 2 is 1.46 bits per heavy atom. The second kappa shape index (κ2) is 9.91. The summed E-state index contributed by atoms with van der Waals surface area (Å²) in [4.78, 5) is 1.25. The summed E-state index contributed by atoms with van der Waals surface area (Å²) in [6, 6.07) is 0. The van der Waals surface area contributed by atoms with Gasteiger partial charge in [-0.2, -0.15) is 0 Å². The van der Waals surface area contributed by atoms with E-state index < -0.39 is 0 Å². The van der Waals surface area contributed by atoms with Crippen LogP contribution in [0.15, 0.2) is 22.1 Å². The minimum absolute atomic E-state index is 1.14. The van der Waals surface area contributed by atoms with E-state index in [1.54, 1.807) is 0 Å². The maximum atomic E-state index is 4.33. The van der Waals surface area contributed by atoms with Gasteiger partial charge < -0.3 is 0 Å². The van der Waals surface area contributed by atoms with Crippen molar-refractivity contribution in [2.75, 3.05) is 0 Å². The quantitative estimate of drug-likeness (QED) is 0.524. The first-order valence-corrected chi connectivity index (χ1v) is 5.71. The predicted molar refractivity (Wildman–Crippen MR) is 67.4 cm³/mol. The molecule has 13 heavy (non-hydrogen) atoms. The van der Waals surface area contributed by atoms with Crippen LogP contribution in [0.2, 0.25) is 0 Å². The Balaban J connectivity index is 0. The summed E-state index contributed by atoms with van der Waals surface area (Å²) in [6.07, 6.45) is 4.54. The van der Waals surface area contributed by atoms with Crippen LogP contribution in [0.5, 0.6) is 0 Å². The first-order chi connectivity index (χ1) is 6.20. The van der Waals surface area contributed by atoms with E-state index in [1.807, 2.05) is 27.7 Å². The molecular weight excluding hydrogens is 176 g/mol. The van der Waals surface area contributed by atoms with E-state index in [2.05, 4.69) is 32.6 Å². The van der Waals surface area contributed by atoms with Gasteiger partial charge in [-0.1, -0.05) is 39.3 Å². The molecule has 0 radical (unpaired) electrons. The topological polar surface area (TPSA) is 0 Å². The summed E-state index contributed by atoms with van der Waals surface area (Å²) in [7, 11) is 0. The van der Waals surface area contributed by atoms with Crippen molar-refractivity contribution < 1.29 is 0 Å². The number of thiol groups is 1. The molecular formula is C12H24S. The predicted octanol–water partition coefficient (Wildman–Crippen LogP) is 4.98. The highest BCUT2D eigenvalue weighted by atomic mass is 32.1. The van der Waals surface area contributed by atoms with Crippen LogP contribution in [-0.4, -0.2) is 0 Å². The summed E-state index contributed by atoms with van der Waals surface area (Å²) < 4.78 is 0. The Kier molecular flexibility index (Phi) is 11.7. The van der Waals surface area contributed by atoms with Gasteiger partial charge in [-0.05, 0) is 37.2 Å². The molecule has 0 nitrogen and oxygen atoms in total. The lowest BCUT2D eigenvalue weighted by molar-refractivity contribution is 0.934. The number of rotatable bonds is 0. The molecule has 0 aromatic carbocycles. The third-order valence-corrected chi connectivity index (χ3v) is 2.25. The Hall–Kier alpha value is -0.170. The van der Waals surface area contributed by atoms with Gasteiger partial charge in [0.25, 0.3) is 0 Å². The van der Waals surface area contributed by atoms with Crippen molar-refractivity contribution in [2.24, 2.45) is 0 Å². The fourth-order valence-electron chi connectivity index (χ4n) is 1.04. The van der Waals surface area contributed by atoms with Crippen LogP contribution in [0, 0.1) is 0 Å². The molecule has 0 atom stereocenters. The van der Waals surface area contributed by atoms with Crippen LogP contribution in [0.4, 0.5) is 0 Å². The van der Waals surface area contributed by atoms with Crippen molar-refractivity contribution in [3.63, 3.8) is 0 Å². The van der Waals surface area contributed by atoms with Crippen LogP contribution in [0.3, 0.4) is 0 Å². The van der Waals surface area contributed by atoms with E-state index >= 15 is 0 Å². The van der Waals surface area contributed by atoms with E-state index in [4.69, 9.17) is 0 Å². The molecule has 0 aromatic rings. The number of hydrogen-bond donors (Lipinski definition) is 1. The molecule has 0 saturated carbocycles. The zero-order valence-corrected chi connectivity index (χ0v) is 10.8. The Morgan fingerprint density at radius 3 is 1.77 bits per heavy atom. The Bertz CT molecular complexity index is 176. The van der Waals surface area contributed by atoms with Gasteiger partial charge in [0, 0.05) is 0 Å². The smallest absolute Gasteiger partial charge is 0.0152 e. The molecule has 0 N–H and O–H groups in total. The molecule has 0 amide bonds. The minimum atomic E-state index is 1.14. The number of allylic oxidation sites excluding steroid dienone is 4. The lowest BCUT2D eigenvalue weighted by Gasteiger charge is -2.10. The third kappa shape index (κ3) is 6.94. The van der Waals surface area contributed by atoms with Crippen molar-refractivity contribution in [3.05, 3.63) is 22.1 Å². The molecule has 1 aliphatic rings. The van der Waals surface area contributed by atoms with Gasteiger partial charge in [0.05, 0.1) is 0 Å². The summed E-state index contributed by atoms with van der Waals surface area (Å²) in [6.45, 7) is 12.3. The second-order valence-electron chi connectivity index (χ2n) is 2.62. The Morgan fingerprint density at radius 1 is 1.00 bits per heavy atom. The maximum absolute atomic E-state index is 4.33. The Labute approximate surface area is 89.5 Å². The van der Waals surface area contributed by atoms with Crippen LogP contribution >= 0.6 is 12.6 Å². The molecule has 0 fully saturated rings. The average molecular weight is 200 g/mol. The van der Waals surface area contributed by atoms with Gasteiger partial charge in [-0.25, -0.2) is 0 Å². The van der Waals surface area contributed by atoms with Crippen LogP contribution < -0.4 is 0 Å². The molecule has 0 heterocycles. The molecule has 0 saturated heterocycles. The maximum Gasteiger partial charge on any atom is -0.0152 e. The number of hydrogen-bond acceptors (Lipinski definition) is 1. The summed E-state index contributed by atoms with van der Waals surface area (Å²) in [5.41, 5.74) is 2.81. The van der Waals surface area contributed by atoms with Crippen molar-refractivity contribution in [1.29, 1.82) is 0 Å². The summed E-state index contributed by atoms with van der Waals surface area (Å²) >= 11 is 4.33. The average Bonchev–Trinajstić information content (AvgIpc) is 2.18. The molecule has 1 aliphatic carbocycles. The molecule has 0 unspecified atom stereocenters. The van der Waals surface area contributed by atoms with E-state index in [1.165, 1.54) is 22.5 Å². The highest BCUT2D eigenvalue weighted by Crippen LogP contribution is 2.25. The summed E-state index contributed by atoms with van der Waals surface area (Å²) in [5, 5.41) is 0. The first-order valence-electron chi connectivity index (χ1n) is 5.26. The van der Waals surface area contributed by atoms with E-state index in [-0.39, 0.29) is 0 Å². The fraction of sp³-hybridized carbons (Fsp3) is 0.667. The largest absolute Gasteiger partial charge is 0.148 e. The van der Waals surface area contributed by atoms with Gasteiger partial charge in [-0.15, -0.1) is 12.6 Å². The van der Waals surface area contributed by atoms with E-state index in [9.17, 15) is 0 Å². The van der Waals surface area contributed by atoms with Crippen LogP contribution in [0.1, 0.15) is 54.4 Å². The monoisotopic (exact) mass is 200 g/mol. The molecule has 1 heteroatoms. The molecule has 78 valence electrons. The highest BCUT2D eigenvalue weighted by molar-refractivity contribution is 7.84. The molecule has 0 aromatic heterocycles. The van der Waals surface area contributed by atoms with E-state index in [0.717, 1.165) is 6.42 Å². The fourth-order valence-corrected chi connectivity index (χ4v) is 1.21. The molecule has 0 spiro atoms. The minimum Gasteiger partial charge on any atom is -0.148 e. The van der Waals surface area contributed by atoms with Gasteiger partial charge in [0.1, 0.15) is 0 Å². The zero-order valence-electron chi connectivity index (χ0n) is 9.94. The SMILES string of the molecule is CC.CC.CC1=CC(C)=C(S)CC1. The van der Waals surface area contributed by atoms with Crippen molar-refractivity contribution in [2.45, 2.75) is 54.4 Å². The van der Waals surface area contributed by atoms with Crippen molar-refractivity contribution in [3.8, 4) is 0 Å². The van der Waals surface area contributed by atoms with E-state index in [0.29, 0.717) is 0 Å². The van der Waals surface area contributed by atoms with Gasteiger partial charge >= 0.3 is 0 Å². The first kappa shape index (κ1) is 15.3. The van der Waals surface area contributed by atoms with Crippen molar-refractivity contribution >= 4 is 12.6 Å². The summed E-state index contributed by atoms with van der Waals surface area (Å²) in [5.74, 6) is 0. The van der Waals surface area contributed by atoms with Gasteiger partial charge in [-0.3, -0.25) is 0 Å². The standard InChI is InChI=1S/C8H12S.2C2H6/c1-6-3-4-8(9)7(2)5-6;2*1-2/h5,9H,3-4H2,1-2H3;2*1-2H3. The van der Waals surface area contributed by atoms with Crippen LogP contribution in [0.25, 0.3) is 0 Å². The zero-order chi connectivity index (χ0) is 10.9. The van der Waals surface area contributed by atoms with Gasteiger partial charge in [0.15, 0.2) is 0 Å². The highest BCUT2D eigenvalue weighted by Gasteiger charge is 2.02. The molecule has 1 rings (SSSR count). The molecule has 0 bridgehead atoms. The third-order valence-electron chi connectivity index (χ3n) is 1.67. The normalized spacial score (nSPS) is 14.8. The molecule has 0 aliphatic heterocycles.